The molecule has 1 heterocycles. The molecule has 1 aliphatic carbocycles. The summed E-state index contributed by atoms with van der Waals surface area (Å²) in [6.07, 6.45) is 5.31. The zero-order valence-corrected chi connectivity index (χ0v) is 19.9. The average Bonchev–Trinajstić information content (AvgIpc) is 3.03. The number of allylic oxidation sites excluding steroid dienone is 2. The number of nitrogens with one attached hydrogen (secondary N) is 1. The fraction of sp³-hybridized carbons (Fsp3) is 0.167. The average molecular weight is 543 g/mol. The third-order valence-corrected chi connectivity index (χ3v) is 6.49. The Labute approximate surface area is 196 Å². The summed E-state index contributed by atoms with van der Waals surface area (Å²) in [7, 11) is 1.33. The van der Waals surface area contributed by atoms with E-state index in [1.165, 1.54) is 7.11 Å². The first-order valence-electron chi connectivity index (χ1n) is 9.38. The number of halogens is 2. The highest BCUT2D eigenvalue weighted by molar-refractivity contribution is 9.11. The van der Waals surface area contributed by atoms with Crippen LogP contribution in [0.4, 0.5) is 0 Å². The maximum atomic E-state index is 13.4. The summed E-state index contributed by atoms with van der Waals surface area (Å²) in [6.45, 7) is 1.92. The Morgan fingerprint density at radius 3 is 2.45 bits per heavy atom. The lowest BCUT2D eigenvalue weighted by molar-refractivity contribution is -0.136. The van der Waals surface area contributed by atoms with E-state index in [4.69, 9.17) is 15.9 Å². The van der Waals surface area contributed by atoms with Crippen molar-refractivity contribution < 1.29 is 19.1 Å². The Hall–Kier alpha value is -2.82. The summed E-state index contributed by atoms with van der Waals surface area (Å²) in [5.74, 6) is 1.76. The van der Waals surface area contributed by atoms with Gasteiger partial charge < -0.3 is 14.8 Å². The van der Waals surface area contributed by atoms with Crippen molar-refractivity contribution in [3.8, 4) is 18.1 Å². The van der Waals surface area contributed by atoms with Gasteiger partial charge in [0.25, 0.3) is 0 Å². The molecule has 1 atom stereocenters. The van der Waals surface area contributed by atoms with Crippen LogP contribution in [0, 0.1) is 12.3 Å². The van der Waals surface area contributed by atoms with Gasteiger partial charge in [0, 0.05) is 28.3 Å². The molecule has 2 aliphatic rings. The van der Waals surface area contributed by atoms with E-state index in [0.29, 0.717) is 37.1 Å². The second-order valence-electron chi connectivity index (χ2n) is 7.06. The van der Waals surface area contributed by atoms with Crippen molar-refractivity contribution in [1.29, 1.82) is 0 Å². The monoisotopic (exact) mass is 541 g/mol. The number of terminal acetylenes is 1. The normalized spacial score (nSPS) is 17.0. The Balaban J connectivity index is 1.92. The Morgan fingerprint density at radius 1 is 1.19 bits per heavy atom. The van der Waals surface area contributed by atoms with Crippen LogP contribution in [0.5, 0.6) is 5.75 Å². The number of ether oxygens (including phenoxy) is 2. The van der Waals surface area contributed by atoms with E-state index in [-0.39, 0.29) is 12.4 Å². The van der Waals surface area contributed by atoms with Crippen molar-refractivity contribution >= 4 is 49.3 Å². The second-order valence-corrected chi connectivity index (χ2v) is 8.77. The van der Waals surface area contributed by atoms with Gasteiger partial charge in [-0.25, -0.2) is 4.79 Å². The van der Waals surface area contributed by atoms with Gasteiger partial charge in [0.15, 0.2) is 5.78 Å². The zero-order chi connectivity index (χ0) is 22.3. The summed E-state index contributed by atoms with van der Waals surface area (Å²) >= 11 is 7.06. The van der Waals surface area contributed by atoms with Crippen LogP contribution in [-0.2, 0) is 9.53 Å². The highest BCUT2D eigenvalue weighted by Gasteiger charge is 2.43. The van der Waals surface area contributed by atoms with Gasteiger partial charge in [-0.1, -0.05) is 30.2 Å². The molecular weight excluding hydrogens is 526 g/mol. The van der Waals surface area contributed by atoms with Crippen LogP contribution in [0.2, 0.25) is 0 Å². The van der Waals surface area contributed by atoms with E-state index in [2.05, 4.69) is 43.1 Å². The van der Waals surface area contributed by atoms with Gasteiger partial charge in [-0.15, -0.1) is 6.42 Å². The molecule has 31 heavy (non-hydrogen) atoms. The van der Waals surface area contributed by atoms with Gasteiger partial charge in [0.2, 0.25) is 0 Å². The Morgan fingerprint density at radius 2 is 1.84 bits per heavy atom. The Bertz CT molecular complexity index is 1210. The maximum Gasteiger partial charge on any atom is 0.336 e. The molecular formula is C24H17Br2NO4. The van der Waals surface area contributed by atoms with E-state index >= 15 is 0 Å². The van der Waals surface area contributed by atoms with Crippen LogP contribution in [-0.4, -0.2) is 25.5 Å². The van der Waals surface area contributed by atoms with Crippen molar-refractivity contribution in [2.24, 2.45) is 0 Å². The number of methoxy groups -OCH3 is 1. The van der Waals surface area contributed by atoms with Crippen LogP contribution >= 0.6 is 31.9 Å². The maximum absolute atomic E-state index is 13.4. The molecule has 1 aliphatic heterocycles. The molecule has 0 bridgehead atoms. The molecule has 0 unspecified atom stereocenters. The number of hydrogen-bond donors (Lipinski definition) is 1. The number of carbonyl (C=O) groups excluding carboxylic acids is 2. The fourth-order valence-electron chi connectivity index (χ4n) is 4.04. The van der Waals surface area contributed by atoms with E-state index < -0.39 is 11.9 Å². The molecule has 0 saturated carbocycles. The summed E-state index contributed by atoms with van der Waals surface area (Å²) in [5.41, 5.74) is 4.43. The standard InChI is InChI=1S/C24H17Br2NO4/c1-4-9-31-23-16(25)10-13(11-17(23)26)19-18(24(29)30-3)12(2)27-21-14-7-5-6-8-15(14)22(28)20(19)21/h1,5-8,10-11,19,27H,9H2,2-3H3/t19-/m0/s1. The largest absolute Gasteiger partial charge is 0.479 e. The van der Waals surface area contributed by atoms with E-state index in [0.717, 1.165) is 16.8 Å². The number of esters is 1. The van der Waals surface area contributed by atoms with Crippen LogP contribution in [0.15, 0.2) is 62.2 Å². The second kappa shape index (κ2) is 8.37. The molecule has 0 radical (unpaired) electrons. The molecule has 0 spiro atoms. The van der Waals surface area contributed by atoms with Gasteiger partial charge in [0.1, 0.15) is 12.4 Å². The van der Waals surface area contributed by atoms with Crippen LogP contribution in [0.3, 0.4) is 0 Å². The van der Waals surface area contributed by atoms with Crippen LogP contribution < -0.4 is 10.1 Å². The Kier molecular flexibility index (Phi) is 5.78. The molecule has 2 aromatic rings. The van der Waals surface area contributed by atoms with Crippen molar-refractivity contribution in [3.63, 3.8) is 0 Å². The number of ketones is 1. The minimum atomic E-state index is -0.613. The van der Waals surface area contributed by atoms with Gasteiger partial charge in [0.05, 0.1) is 27.3 Å². The lowest BCUT2D eigenvalue weighted by Crippen LogP contribution is -2.29. The molecule has 0 aromatic heterocycles. The van der Waals surface area contributed by atoms with Crippen molar-refractivity contribution in [3.05, 3.63) is 78.9 Å². The minimum absolute atomic E-state index is 0.111. The first-order chi connectivity index (χ1) is 14.9. The molecule has 0 amide bonds. The van der Waals surface area contributed by atoms with Crippen molar-refractivity contribution in [2.45, 2.75) is 12.8 Å². The number of rotatable bonds is 4. The quantitative estimate of drug-likeness (QED) is 0.437. The van der Waals surface area contributed by atoms with E-state index in [1.54, 1.807) is 6.07 Å². The number of dihydropyridines is 1. The summed E-state index contributed by atoms with van der Waals surface area (Å²) < 4.78 is 12.0. The molecule has 5 nitrogen and oxygen atoms in total. The molecule has 156 valence electrons. The van der Waals surface area contributed by atoms with Crippen molar-refractivity contribution in [1.82, 2.24) is 5.32 Å². The molecule has 4 rings (SSSR count). The lowest BCUT2D eigenvalue weighted by atomic mass is 9.80. The topological polar surface area (TPSA) is 64.6 Å². The third kappa shape index (κ3) is 3.50. The predicted octanol–water partition coefficient (Wildman–Crippen LogP) is 4.97. The molecule has 7 heteroatoms. The first kappa shape index (κ1) is 21.4. The van der Waals surface area contributed by atoms with Gasteiger partial charge in [-0.3, -0.25) is 4.79 Å². The predicted molar refractivity (Wildman–Crippen MR) is 124 cm³/mol. The van der Waals surface area contributed by atoms with Gasteiger partial charge in [-0.2, -0.15) is 0 Å². The van der Waals surface area contributed by atoms with Gasteiger partial charge in [-0.05, 0) is 56.5 Å². The highest BCUT2D eigenvalue weighted by atomic mass is 79.9. The number of hydrogen-bond acceptors (Lipinski definition) is 5. The molecule has 1 N–H and O–H groups in total. The third-order valence-electron chi connectivity index (χ3n) is 5.31. The summed E-state index contributed by atoms with van der Waals surface area (Å²) in [4.78, 5) is 26.2. The highest BCUT2D eigenvalue weighted by Crippen LogP contribution is 2.48. The minimum Gasteiger partial charge on any atom is -0.479 e. The lowest BCUT2D eigenvalue weighted by Gasteiger charge is -2.29. The molecule has 2 aromatic carbocycles. The van der Waals surface area contributed by atoms with Crippen LogP contribution in [0.25, 0.3) is 5.70 Å². The zero-order valence-electron chi connectivity index (χ0n) is 16.7. The van der Waals surface area contributed by atoms with Crippen molar-refractivity contribution in [2.75, 3.05) is 13.7 Å². The number of benzene rings is 2. The van der Waals surface area contributed by atoms with E-state index in [1.807, 2.05) is 37.3 Å². The fourth-order valence-corrected chi connectivity index (χ4v) is 5.49. The molecule has 0 saturated heterocycles. The smallest absolute Gasteiger partial charge is 0.336 e. The molecule has 0 fully saturated rings. The SMILES string of the molecule is C#CCOc1c(Br)cc([C@H]2C(C(=O)OC)=C(C)NC3=C2C(=O)c2ccccc23)cc1Br. The van der Waals surface area contributed by atoms with Gasteiger partial charge >= 0.3 is 5.97 Å². The number of carbonyl (C=O) groups is 2. The number of fused-ring (bicyclic) bond motifs is 2. The van der Waals surface area contributed by atoms with Crippen LogP contribution in [0.1, 0.15) is 34.3 Å². The number of Topliss-reactive ketones (excluding diaryl/α,β-unsaturated/α-hetero) is 1. The summed E-state index contributed by atoms with van der Waals surface area (Å²) in [6, 6.07) is 11.1. The van der Waals surface area contributed by atoms with E-state index in [9.17, 15) is 9.59 Å². The summed E-state index contributed by atoms with van der Waals surface area (Å²) in [5, 5.41) is 3.27. The first-order valence-corrected chi connectivity index (χ1v) is 11.0.